The monoisotopic (exact) mass is 413 g/mol. The van der Waals surface area contributed by atoms with Gasteiger partial charge in [0.25, 0.3) is 0 Å². The number of sulfonamides is 1. The van der Waals surface area contributed by atoms with Gasteiger partial charge in [-0.1, -0.05) is 54.6 Å². The molecular weight excluding hydrogens is 394 g/mol. The number of rotatable bonds is 4. The maximum atomic E-state index is 11.3. The highest BCUT2D eigenvalue weighted by Crippen LogP contribution is 2.40. The molecule has 0 atom stereocenters. The van der Waals surface area contributed by atoms with Gasteiger partial charge in [0.1, 0.15) is 0 Å². The summed E-state index contributed by atoms with van der Waals surface area (Å²) in [5.41, 5.74) is 9.27. The third-order valence-electron chi connectivity index (χ3n) is 5.28. The standard InChI is InChI=1S/C24H19N3O2S/c1-30(28,29)27-18-11-9-16(10-12-18)23-13-14-24(26-25-23)21-8-4-7-20-19-6-3-2-5-17(19)15-22(20)21/h2-14,27H,15H2,1H3. The van der Waals surface area contributed by atoms with Gasteiger partial charge in [-0.3, -0.25) is 4.72 Å². The molecule has 3 aromatic carbocycles. The summed E-state index contributed by atoms with van der Waals surface area (Å²) in [4.78, 5) is 0. The molecule has 0 aliphatic heterocycles. The molecule has 1 aliphatic rings. The Morgan fingerprint density at radius 3 is 2.13 bits per heavy atom. The van der Waals surface area contributed by atoms with Crippen LogP contribution in [-0.2, 0) is 16.4 Å². The van der Waals surface area contributed by atoms with Gasteiger partial charge in [-0.2, -0.15) is 0 Å². The molecule has 0 saturated carbocycles. The number of fused-ring (bicyclic) bond motifs is 3. The lowest BCUT2D eigenvalue weighted by Crippen LogP contribution is -2.09. The van der Waals surface area contributed by atoms with Crippen molar-refractivity contribution in [3.8, 4) is 33.6 Å². The van der Waals surface area contributed by atoms with Gasteiger partial charge in [0.05, 0.1) is 17.6 Å². The van der Waals surface area contributed by atoms with Gasteiger partial charge in [0, 0.05) is 16.8 Å². The van der Waals surface area contributed by atoms with Gasteiger partial charge in [-0.15, -0.1) is 10.2 Å². The second-order valence-corrected chi connectivity index (χ2v) is 9.17. The molecule has 5 rings (SSSR count). The van der Waals surface area contributed by atoms with E-state index in [1.807, 2.05) is 24.3 Å². The van der Waals surface area contributed by atoms with Crippen LogP contribution in [0.1, 0.15) is 11.1 Å². The molecule has 0 amide bonds. The van der Waals surface area contributed by atoms with Crippen LogP contribution in [0.5, 0.6) is 0 Å². The predicted molar refractivity (Wildman–Crippen MR) is 120 cm³/mol. The first kappa shape index (κ1) is 18.5. The first-order valence-electron chi connectivity index (χ1n) is 9.60. The summed E-state index contributed by atoms with van der Waals surface area (Å²) < 4.78 is 25.2. The SMILES string of the molecule is CS(=O)(=O)Nc1ccc(-c2ccc(-c3cccc4c3Cc3ccccc3-4)nn2)cc1. The summed E-state index contributed by atoms with van der Waals surface area (Å²) in [6.45, 7) is 0. The molecule has 1 heterocycles. The van der Waals surface area contributed by atoms with Crippen LogP contribution < -0.4 is 4.72 Å². The zero-order valence-electron chi connectivity index (χ0n) is 16.3. The lowest BCUT2D eigenvalue weighted by molar-refractivity contribution is 0.607. The summed E-state index contributed by atoms with van der Waals surface area (Å²) in [6.07, 6.45) is 2.03. The highest BCUT2D eigenvalue weighted by Gasteiger charge is 2.21. The number of hydrogen-bond donors (Lipinski definition) is 1. The third kappa shape index (κ3) is 3.46. The molecule has 1 aliphatic carbocycles. The topological polar surface area (TPSA) is 72.0 Å². The summed E-state index contributed by atoms with van der Waals surface area (Å²) >= 11 is 0. The van der Waals surface area contributed by atoms with Crippen molar-refractivity contribution in [3.05, 3.63) is 90.0 Å². The van der Waals surface area contributed by atoms with Crippen LogP contribution in [0.25, 0.3) is 33.6 Å². The summed E-state index contributed by atoms with van der Waals surface area (Å²) in [5.74, 6) is 0. The minimum absolute atomic E-state index is 0.519. The Kier molecular flexibility index (Phi) is 4.37. The average Bonchev–Trinajstić information content (AvgIpc) is 3.12. The van der Waals surface area contributed by atoms with Crippen LogP contribution in [0.2, 0.25) is 0 Å². The van der Waals surface area contributed by atoms with Crippen molar-refractivity contribution in [2.75, 3.05) is 11.0 Å². The van der Waals surface area contributed by atoms with Gasteiger partial charge in [0.2, 0.25) is 10.0 Å². The van der Waals surface area contributed by atoms with Crippen molar-refractivity contribution < 1.29 is 8.42 Å². The molecule has 0 spiro atoms. The Morgan fingerprint density at radius 1 is 0.733 bits per heavy atom. The molecular formula is C24H19N3O2S. The molecule has 5 nitrogen and oxygen atoms in total. The van der Waals surface area contributed by atoms with Crippen molar-refractivity contribution in [3.63, 3.8) is 0 Å². The Labute approximate surface area is 175 Å². The van der Waals surface area contributed by atoms with E-state index in [0.717, 1.165) is 35.2 Å². The lowest BCUT2D eigenvalue weighted by atomic mass is 9.99. The van der Waals surface area contributed by atoms with E-state index in [2.05, 4.69) is 57.4 Å². The van der Waals surface area contributed by atoms with E-state index >= 15 is 0 Å². The normalized spacial score (nSPS) is 12.3. The van der Waals surface area contributed by atoms with Crippen LogP contribution in [-0.4, -0.2) is 24.9 Å². The minimum Gasteiger partial charge on any atom is -0.284 e. The summed E-state index contributed by atoms with van der Waals surface area (Å²) in [5, 5.41) is 8.90. The molecule has 148 valence electrons. The highest BCUT2D eigenvalue weighted by molar-refractivity contribution is 7.92. The summed E-state index contributed by atoms with van der Waals surface area (Å²) in [6, 6.07) is 25.9. The number of hydrogen-bond acceptors (Lipinski definition) is 4. The first-order valence-corrected chi connectivity index (χ1v) is 11.5. The molecule has 1 aromatic heterocycles. The largest absolute Gasteiger partial charge is 0.284 e. The van der Waals surface area contributed by atoms with Gasteiger partial charge >= 0.3 is 0 Å². The zero-order chi connectivity index (χ0) is 20.7. The van der Waals surface area contributed by atoms with E-state index in [-0.39, 0.29) is 0 Å². The maximum absolute atomic E-state index is 11.3. The van der Waals surface area contributed by atoms with Crippen LogP contribution in [0, 0.1) is 0 Å². The second kappa shape index (κ2) is 7.07. The quantitative estimate of drug-likeness (QED) is 0.461. The van der Waals surface area contributed by atoms with Gasteiger partial charge < -0.3 is 0 Å². The van der Waals surface area contributed by atoms with E-state index in [4.69, 9.17) is 0 Å². The number of anilines is 1. The molecule has 30 heavy (non-hydrogen) atoms. The third-order valence-corrected chi connectivity index (χ3v) is 5.88. The molecule has 6 heteroatoms. The van der Waals surface area contributed by atoms with E-state index in [9.17, 15) is 8.42 Å². The molecule has 0 radical (unpaired) electrons. The minimum atomic E-state index is -3.29. The van der Waals surface area contributed by atoms with E-state index < -0.39 is 10.0 Å². The Balaban J connectivity index is 1.44. The van der Waals surface area contributed by atoms with Gasteiger partial charge in [0.15, 0.2) is 0 Å². The molecule has 0 saturated heterocycles. The fourth-order valence-corrected chi connectivity index (χ4v) is 4.51. The van der Waals surface area contributed by atoms with Crippen LogP contribution in [0.3, 0.4) is 0 Å². The molecule has 0 unspecified atom stereocenters. The number of benzene rings is 3. The number of aromatic nitrogens is 2. The van der Waals surface area contributed by atoms with Gasteiger partial charge in [-0.25, -0.2) is 8.42 Å². The Morgan fingerprint density at radius 2 is 1.40 bits per heavy atom. The number of nitrogens with zero attached hydrogens (tertiary/aromatic N) is 2. The Hall–Kier alpha value is -3.51. The molecule has 1 N–H and O–H groups in total. The second-order valence-electron chi connectivity index (χ2n) is 7.42. The van der Waals surface area contributed by atoms with Crippen LogP contribution >= 0.6 is 0 Å². The molecule has 0 fully saturated rings. The fourth-order valence-electron chi connectivity index (χ4n) is 3.95. The number of nitrogens with one attached hydrogen (secondary N) is 1. The van der Waals surface area contributed by atoms with E-state index in [1.54, 1.807) is 12.1 Å². The summed E-state index contributed by atoms with van der Waals surface area (Å²) in [7, 11) is -3.29. The first-order chi connectivity index (χ1) is 14.5. The van der Waals surface area contributed by atoms with Crippen molar-refractivity contribution in [2.45, 2.75) is 6.42 Å². The van der Waals surface area contributed by atoms with Crippen molar-refractivity contribution >= 4 is 15.7 Å². The molecule has 0 bridgehead atoms. The highest BCUT2D eigenvalue weighted by atomic mass is 32.2. The average molecular weight is 414 g/mol. The maximum Gasteiger partial charge on any atom is 0.229 e. The fraction of sp³-hybridized carbons (Fsp3) is 0.0833. The zero-order valence-corrected chi connectivity index (χ0v) is 17.1. The Bertz CT molecular complexity index is 1350. The van der Waals surface area contributed by atoms with Crippen LogP contribution in [0.15, 0.2) is 78.9 Å². The molecule has 4 aromatic rings. The smallest absolute Gasteiger partial charge is 0.229 e. The predicted octanol–water partition coefficient (Wildman–Crippen LogP) is 4.75. The van der Waals surface area contributed by atoms with Gasteiger partial charge in [-0.05, 0) is 52.9 Å². The van der Waals surface area contributed by atoms with E-state index in [0.29, 0.717) is 5.69 Å². The van der Waals surface area contributed by atoms with Crippen molar-refractivity contribution in [1.82, 2.24) is 10.2 Å². The van der Waals surface area contributed by atoms with Crippen LogP contribution in [0.4, 0.5) is 5.69 Å². The van der Waals surface area contributed by atoms with Crippen molar-refractivity contribution in [2.24, 2.45) is 0 Å². The van der Waals surface area contributed by atoms with E-state index in [1.165, 1.54) is 22.3 Å². The van der Waals surface area contributed by atoms with Crippen molar-refractivity contribution in [1.29, 1.82) is 0 Å². The lowest BCUT2D eigenvalue weighted by Gasteiger charge is -2.09.